The number of halogens is 1. The Balaban J connectivity index is 1.87. The van der Waals surface area contributed by atoms with E-state index >= 15 is 0 Å². The molecule has 9 heteroatoms. The summed E-state index contributed by atoms with van der Waals surface area (Å²) in [6.45, 7) is 4.07. The number of rotatable bonds is 6. The normalized spacial score (nSPS) is 13.1. The summed E-state index contributed by atoms with van der Waals surface area (Å²) in [5.41, 5.74) is 3.40. The number of aryl methyl sites for hydroxylation is 2. The van der Waals surface area contributed by atoms with E-state index in [1.54, 1.807) is 30.5 Å². The quantitative estimate of drug-likeness (QED) is 0.422. The molecular formula is C23H23ClN4O3P+. The van der Waals surface area contributed by atoms with Gasteiger partial charge in [-0.2, -0.15) is 0 Å². The molecule has 4 rings (SSSR count). The number of hydrogen-bond acceptors (Lipinski definition) is 4. The number of carbonyl (C=O) groups is 1. The van der Waals surface area contributed by atoms with Gasteiger partial charge >= 0.3 is 0 Å². The van der Waals surface area contributed by atoms with E-state index in [9.17, 15) is 9.36 Å². The SMILES string of the molecule is COP(=O)(c1cc(C)cc(C)c1)c1c(C(=O)NCc2cc[nH+]cn2)[nH]c2ccc(Cl)cc12. The summed E-state index contributed by atoms with van der Waals surface area (Å²) in [7, 11) is -2.24. The van der Waals surface area contributed by atoms with Crippen LogP contribution in [0.4, 0.5) is 0 Å². The first-order chi connectivity index (χ1) is 15.3. The van der Waals surface area contributed by atoms with Gasteiger partial charge in [0.05, 0.1) is 18.0 Å². The average Bonchev–Trinajstić information content (AvgIpc) is 3.16. The Bertz CT molecular complexity index is 1330. The van der Waals surface area contributed by atoms with Crippen molar-refractivity contribution in [3.05, 3.63) is 82.5 Å². The molecule has 0 spiro atoms. The van der Waals surface area contributed by atoms with Crippen molar-refractivity contribution in [3.63, 3.8) is 0 Å². The highest BCUT2D eigenvalue weighted by Crippen LogP contribution is 2.47. The molecule has 32 heavy (non-hydrogen) atoms. The number of aromatic nitrogens is 3. The van der Waals surface area contributed by atoms with Gasteiger partial charge in [0.2, 0.25) is 0 Å². The molecule has 7 nitrogen and oxygen atoms in total. The molecule has 1 amide bonds. The molecule has 3 N–H and O–H groups in total. The Morgan fingerprint density at radius 1 is 1.19 bits per heavy atom. The van der Waals surface area contributed by atoms with Gasteiger partial charge in [-0.15, -0.1) is 0 Å². The number of carbonyl (C=O) groups excluding carboxylic acids is 1. The number of fused-ring (bicyclic) bond motifs is 1. The first-order valence-electron chi connectivity index (χ1n) is 9.97. The third kappa shape index (κ3) is 4.19. The van der Waals surface area contributed by atoms with Gasteiger partial charge in [-0.3, -0.25) is 14.3 Å². The average molecular weight is 470 g/mol. The summed E-state index contributed by atoms with van der Waals surface area (Å²) in [6, 6.07) is 12.6. The third-order valence-electron chi connectivity index (χ3n) is 5.17. The van der Waals surface area contributed by atoms with Gasteiger partial charge in [-0.25, -0.2) is 0 Å². The van der Waals surface area contributed by atoms with Gasteiger partial charge in [0, 0.05) is 34.4 Å². The van der Waals surface area contributed by atoms with Gasteiger partial charge < -0.3 is 14.8 Å². The van der Waals surface area contributed by atoms with Crippen LogP contribution in [0.1, 0.15) is 27.3 Å². The molecule has 0 bridgehead atoms. The Morgan fingerprint density at radius 3 is 2.59 bits per heavy atom. The lowest BCUT2D eigenvalue weighted by molar-refractivity contribution is -0.383. The van der Waals surface area contributed by atoms with Crippen LogP contribution in [0.5, 0.6) is 0 Å². The van der Waals surface area contributed by atoms with Crippen molar-refractivity contribution in [1.82, 2.24) is 15.3 Å². The minimum absolute atomic E-state index is 0.175. The third-order valence-corrected chi connectivity index (χ3v) is 7.91. The second-order valence-corrected chi connectivity index (χ2v) is 10.4. The van der Waals surface area contributed by atoms with Crippen molar-refractivity contribution in [2.45, 2.75) is 20.4 Å². The molecule has 0 fully saturated rings. The van der Waals surface area contributed by atoms with Crippen molar-refractivity contribution in [1.29, 1.82) is 0 Å². The number of hydrogen-bond donors (Lipinski definition) is 2. The number of benzene rings is 2. The summed E-state index contributed by atoms with van der Waals surface area (Å²) in [5.74, 6) is -0.413. The monoisotopic (exact) mass is 469 g/mol. The highest BCUT2D eigenvalue weighted by Gasteiger charge is 2.36. The Hall–Kier alpha value is -2.99. The Morgan fingerprint density at radius 2 is 1.94 bits per heavy atom. The minimum atomic E-state index is -3.63. The van der Waals surface area contributed by atoms with E-state index in [4.69, 9.17) is 16.1 Å². The van der Waals surface area contributed by atoms with Crippen LogP contribution < -0.4 is 20.9 Å². The summed E-state index contributed by atoms with van der Waals surface area (Å²) in [4.78, 5) is 23.4. The standard InChI is InChI=1S/C23H22ClN4O3P/c1-14-8-15(2)10-18(9-14)32(30,31-3)22-19-11-16(24)4-5-20(19)28-21(22)23(29)26-12-17-6-7-25-13-27-17/h4-11,13,28H,12H2,1-3H3,(H,26,29)/p+1. The maximum Gasteiger partial charge on any atom is 0.284 e. The molecule has 0 aliphatic heterocycles. The van der Waals surface area contributed by atoms with Gasteiger partial charge in [0.25, 0.3) is 19.6 Å². The molecule has 2 heterocycles. The largest absolute Gasteiger partial charge is 0.350 e. The van der Waals surface area contributed by atoms with Gasteiger partial charge in [0.1, 0.15) is 5.69 Å². The number of nitrogens with zero attached hydrogens (tertiary/aromatic N) is 1. The minimum Gasteiger partial charge on any atom is -0.350 e. The fourth-order valence-corrected chi connectivity index (χ4v) is 6.31. The molecule has 0 aliphatic carbocycles. The smallest absolute Gasteiger partial charge is 0.284 e. The number of nitrogens with one attached hydrogen (secondary N) is 3. The van der Waals surface area contributed by atoms with E-state index in [2.05, 4.69) is 20.3 Å². The second kappa shape index (κ2) is 8.87. The van der Waals surface area contributed by atoms with Gasteiger partial charge in [-0.1, -0.05) is 33.8 Å². The molecule has 1 unspecified atom stereocenters. The second-order valence-electron chi connectivity index (χ2n) is 7.55. The van der Waals surface area contributed by atoms with E-state index in [1.807, 2.05) is 32.0 Å². The van der Waals surface area contributed by atoms with E-state index in [0.29, 0.717) is 32.2 Å². The topological polar surface area (TPSA) is 98.2 Å². The van der Waals surface area contributed by atoms with E-state index in [0.717, 1.165) is 11.1 Å². The van der Waals surface area contributed by atoms with Crippen LogP contribution in [0.25, 0.3) is 10.9 Å². The molecule has 0 radical (unpaired) electrons. The molecular weight excluding hydrogens is 447 g/mol. The zero-order valence-electron chi connectivity index (χ0n) is 17.9. The molecule has 0 aliphatic rings. The molecule has 164 valence electrons. The van der Waals surface area contributed by atoms with Gasteiger partial charge in [0.15, 0.2) is 5.69 Å². The predicted molar refractivity (Wildman–Crippen MR) is 125 cm³/mol. The highest BCUT2D eigenvalue weighted by atomic mass is 35.5. The van der Waals surface area contributed by atoms with E-state index in [1.165, 1.54) is 13.4 Å². The van der Waals surface area contributed by atoms with Crippen LogP contribution in [-0.4, -0.2) is 23.0 Å². The number of aromatic amines is 2. The fraction of sp³-hybridized carbons (Fsp3) is 0.174. The maximum absolute atomic E-state index is 14.4. The first-order valence-corrected chi connectivity index (χ1v) is 12.0. The first kappa shape index (κ1) is 22.2. The van der Waals surface area contributed by atoms with E-state index < -0.39 is 13.3 Å². The molecule has 0 saturated heterocycles. The van der Waals surface area contributed by atoms with Crippen LogP contribution in [0.2, 0.25) is 5.02 Å². The lowest BCUT2D eigenvalue weighted by atomic mass is 10.2. The molecule has 4 aromatic rings. The van der Waals surface area contributed by atoms with Crippen LogP contribution in [0, 0.1) is 13.8 Å². The van der Waals surface area contributed by atoms with Crippen molar-refractivity contribution < 1.29 is 18.9 Å². The zero-order valence-corrected chi connectivity index (χ0v) is 19.6. The maximum atomic E-state index is 14.4. The molecule has 0 saturated carbocycles. The number of H-pyrrole nitrogens is 2. The summed E-state index contributed by atoms with van der Waals surface area (Å²) in [5, 5.41) is 4.72. The van der Waals surface area contributed by atoms with Crippen molar-refractivity contribution in [2.24, 2.45) is 0 Å². The van der Waals surface area contributed by atoms with Crippen molar-refractivity contribution >= 4 is 46.4 Å². The van der Waals surface area contributed by atoms with Crippen molar-refractivity contribution in [3.8, 4) is 0 Å². The van der Waals surface area contributed by atoms with Crippen LogP contribution in [0.3, 0.4) is 0 Å². The van der Waals surface area contributed by atoms with Crippen LogP contribution in [-0.2, 0) is 15.6 Å². The summed E-state index contributed by atoms with van der Waals surface area (Å²) >= 11 is 6.25. The van der Waals surface area contributed by atoms with Crippen molar-refractivity contribution in [2.75, 3.05) is 7.11 Å². The predicted octanol–water partition coefficient (Wildman–Crippen LogP) is 3.45. The Kier molecular flexibility index (Phi) is 6.15. The lowest BCUT2D eigenvalue weighted by Gasteiger charge is -2.19. The Labute approximate surface area is 190 Å². The molecule has 2 aromatic heterocycles. The van der Waals surface area contributed by atoms with Crippen LogP contribution in [0.15, 0.2) is 55.0 Å². The molecule has 1 atom stereocenters. The summed E-state index contributed by atoms with van der Waals surface area (Å²) in [6.07, 6.45) is 3.26. The fourth-order valence-electron chi connectivity index (χ4n) is 3.78. The van der Waals surface area contributed by atoms with Crippen LogP contribution >= 0.6 is 19.0 Å². The summed E-state index contributed by atoms with van der Waals surface area (Å²) < 4.78 is 20.1. The number of amides is 1. The van der Waals surface area contributed by atoms with Gasteiger partial charge in [-0.05, 0) is 44.2 Å². The highest BCUT2D eigenvalue weighted by molar-refractivity contribution is 7.75. The zero-order chi connectivity index (χ0) is 22.9. The lowest BCUT2D eigenvalue weighted by Crippen LogP contribution is -2.30. The van der Waals surface area contributed by atoms with E-state index in [-0.39, 0.29) is 12.2 Å². The molecule has 2 aromatic carbocycles.